The predicted octanol–water partition coefficient (Wildman–Crippen LogP) is 3.43. The second-order valence-corrected chi connectivity index (χ2v) is 8.53. The Labute approximate surface area is 164 Å². The van der Waals surface area contributed by atoms with E-state index in [1.165, 1.54) is 0 Å². The lowest BCUT2D eigenvalue weighted by Gasteiger charge is -2.23. The molecule has 2 aromatic rings. The van der Waals surface area contributed by atoms with Gasteiger partial charge in [-0.25, -0.2) is 17.2 Å². The van der Waals surface area contributed by atoms with Gasteiger partial charge < -0.3 is 5.32 Å². The molecule has 0 bridgehead atoms. The smallest absolute Gasteiger partial charge is 0.232 e. The maximum absolute atomic E-state index is 14.0. The first-order valence-electron chi connectivity index (χ1n) is 8.93. The minimum Gasteiger partial charge on any atom is -0.356 e. The van der Waals surface area contributed by atoms with Gasteiger partial charge in [-0.2, -0.15) is 0 Å². The van der Waals surface area contributed by atoms with Crippen LogP contribution in [0.5, 0.6) is 0 Å². The third kappa shape index (κ3) is 6.02. The van der Waals surface area contributed by atoms with Crippen LogP contribution >= 0.6 is 0 Å². The molecule has 5 nitrogen and oxygen atoms in total. The number of carbonyl (C=O) groups excluding carboxylic acids is 1. The van der Waals surface area contributed by atoms with Crippen molar-refractivity contribution < 1.29 is 22.0 Å². The van der Waals surface area contributed by atoms with Gasteiger partial charge in [-0.15, -0.1) is 0 Å². The fourth-order valence-electron chi connectivity index (χ4n) is 2.81. The first kappa shape index (κ1) is 21.8. The quantitative estimate of drug-likeness (QED) is 0.689. The molecule has 2 aromatic carbocycles. The molecule has 1 N–H and O–H groups in total. The summed E-state index contributed by atoms with van der Waals surface area (Å²) < 4.78 is 52.5. The Bertz CT molecular complexity index is 885. The number of carbonyl (C=O) groups is 1. The van der Waals surface area contributed by atoms with Crippen molar-refractivity contribution in [3.05, 3.63) is 65.7 Å². The number of nitrogens with zero attached hydrogens (tertiary/aromatic N) is 1. The summed E-state index contributed by atoms with van der Waals surface area (Å²) in [6, 6.07) is 12.9. The zero-order valence-corrected chi connectivity index (χ0v) is 16.7. The molecule has 0 aliphatic rings. The molecular formula is C20H24F2N2O3S. The van der Waals surface area contributed by atoms with E-state index in [9.17, 15) is 22.0 Å². The molecule has 2 rings (SSSR count). The van der Waals surface area contributed by atoms with Gasteiger partial charge in [-0.3, -0.25) is 9.10 Å². The molecule has 0 fully saturated rings. The van der Waals surface area contributed by atoms with Gasteiger partial charge >= 0.3 is 0 Å². The van der Waals surface area contributed by atoms with Crippen molar-refractivity contribution in [1.29, 1.82) is 0 Å². The summed E-state index contributed by atoms with van der Waals surface area (Å²) in [5, 5.41) is 2.80. The minimum absolute atomic E-state index is 0.0452. The van der Waals surface area contributed by atoms with Crippen LogP contribution in [0.2, 0.25) is 0 Å². The first-order chi connectivity index (χ1) is 13.2. The van der Waals surface area contributed by atoms with Crippen molar-refractivity contribution in [2.45, 2.75) is 25.7 Å². The van der Waals surface area contributed by atoms with Crippen molar-refractivity contribution in [3.8, 4) is 0 Å². The van der Waals surface area contributed by atoms with Gasteiger partial charge in [0.25, 0.3) is 0 Å². The lowest BCUT2D eigenvalue weighted by atomic mass is 10.0. The van der Waals surface area contributed by atoms with Crippen LogP contribution in [0.25, 0.3) is 0 Å². The Hall–Kier alpha value is -2.48. The molecule has 1 atom stereocenters. The van der Waals surface area contributed by atoms with E-state index in [1.54, 1.807) is 0 Å². The molecule has 0 aliphatic heterocycles. The maximum Gasteiger partial charge on any atom is 0.232 e. The zero-order chi connectivity index (χ0) is 20.7. The van der Waals surface area contributed by atoms with E-state index in [0.717, 1.165) is 30.0 Å². The Balaban J connectivity index is 1.91. The highest BCUT2D eigenvalue weighted by Crippen LogP contribution is 2.25. The van der Waals surface area contributed by atoms with Crippen molar-refractivity contribution in [2.75, 3.05) is 23.7 Å². The largest absolute Gasteiger partial charge is 0.356 e. The van der Waals surface area contributed by atoms with Crippen LogP contribution in [0.4, 0.5) is 14.5 Å². The number of halogens is 2. The molecule has 0 saturated carbocycles. The van der Waals surface area contributed by atoms with Gasteiger partial charge in [0.05, 0.1) is 6.26 Å². The number of sulfonamides is 1. The number of benzene rings is 2. The molecular weight excluding hydrogens is 386 g/mol. The second-order valence-electron chi connectivity index (χ2n) is 6.62. The van der Waals surface area contributed by atoms with Gasteiger partial charge in [0.15, 0.2) is 11.6 Å². The average Bonchev–Trinajstić information content (AvgIpc) is 2.64. The molecule has 0 heterocycles. The standard InChI is InChI=1S/C20H24F2N2O3S/c1-15(16-8-4-3-5-9-16)14-23-19(25)12-7-13-24(28(2,26)27)20-17(21)10-6-11-18(20)22/h3-6,8-11,15H,7,12-14H2,1-2H3,(H,23,25)/t15-/m0/s1. The fraction of sp³-hybridized carbons (Fsp3) is 0.350. The van der Waals surface area contributed by atoms with E-state index in [4.69, 9.17) is 0 Å². The van der Waals surface area contributed by atoms with Crippen LogP contribution in [-0.4, -0.2) is 33.7 Å². The summed E-state index contributed by atoms with van der Waals surface area (Å²) in [6.45, 7) is 2.24. The van der Waals surface area contributed by atoms with E-state index in [2.05, 4.69) is 5.32 Å². The third-order valence-electron chi connectivity index (χ3n) is 4.33. The number of para-hydroxylation sites is 1. The maximum atomic E-state index is 14.0. The van der Waals surface area contributed by atoms with Crippen LogP contribution in [0, 0.1) is 11.6 Å². The monoisotopic (exact) mass is 410 g/mol. The molecule has 1 amide bonds. The number of hydrogen-bond acceptors (Lipinski definition) is 3. The highest BCUT2D eigenvalue weighted by Gasteiger charge is 2.24. The normalized spacial score (nSPS) is 12.4. The lowest BCUT2D eigenvalue weighted by molar-refractivity contribution is -0.121. The fourth-order valence-corrected chi connectivity index (χ4v) is 3.78. The number of nitrogens with one attached hydrogen (secondary N) is 1. The summed E-state index contributed by atoms with van der Waals surface area (Å²) >= 11 is 0. The highest BCUT2D eigenvalue weighted by atomic mass is 32.2. The number of amides is 1. The average molecular weight is 410 g/mol. The number of rotatable bonds is 9. The molecule has 0 spiro atoms. The summed E-state index contributed by atoms with van der Waals surface area (Å²) in [6.07, 6.45) is 1.05. The Morgan fingerprint density at radius 3 is 2.25 bits per heavy atom. The molecule has 0 unspecified atom stereocenters. The van der Waals surface area contributed by atoms with Gasteiger partial charge in [0.1, 0.15) is 5.69 Å². The van der Waals surface area contributed by atoms with Crippen molar-refractivity contribution in [2.24, 2.45) is 0 Å². The van der Waals surface area contributed by atoms with Crippen LogP contribution < -0.4 is 9.62 Å². The molecule has 8 heteroatoms. The number of anilines is 1. The van der Waals surface area contributed by atoms with Crippen LogP contribution in [0.15, 0.2) is 48.5 Å². The van der Waals surface area contributed by atoms with Crippen molar-refractivity contribution >= 4 is 21.6 Å². The van der Waals surface area contributed by atoms with Crippen molar-refractivity contribution in [3.63, 3.8) is 0 Å². The Morgan fingerprint density at radius 2 is 1.68 bits per heavy atom. The summed E-state index contributed by atoms with van der Waals surface area (Å²) in [7, 11) is -3.90. The van der Waals surface area contributed by atoms with Crippen LogP contribution in [-0.2, 0) is 14.8 Å². The van der Waals surface area contributed by atoms with Crippen molar-refractivity contribution in [1.82, 2.24) is 5.32 Å². The molecule has 0 aliphatic carbocycles. The molecule has 152 valence electrons. The first-order valence-corrected chi connectivity index (χ1v) is 10.8. The van der Waals surface area contributed by atoms with Crippen LogP contribution in [0.1, 0.15) is 31.2 Å². The number of hydrogen-bond donors (Lipinski definition) is 1. The summed E-state index contributed by atoms with van der Waals surface area (Å²) in [4.78, 5) is 12.1. The second kappa shape index (κ2) is 9.64. The molecule has 0 aromatic heterocycles. The van der Waals surface area contributed by atoms with E-state index in [-0.39, 0.29) is 31.2 Å². The molecule has 0 radical (unpaired) electrons. The third-order valence-corrected chi connectivity index (χ3v) is 5.49. The van der Waals surface area contributed by atoms with Gasteiger partial charge in [0, 0.05) is 19.5 Å². The minimum atomic E-state index is -3.90. The Morgan fingerprint density at radius 1 is 1.07 bits per heavy atom. The van der Waals surface area contributed by atoms with E-state index >= 15 is 0 Å². The highest BCUT2D eigenvalue weighted by molar-refractivity contribution is 7.92. The van der Waals surface area contributed by atoms with Gasteiger partial charge in [-0.1, -0.05) is 43.3 Å². The van der Waals surface area contributed by atoms with E-state index in [1.807, 2.05) is 37.3 Å². The van der Waals surface area contributed by atoms with E-state index < -0.39 is 27.3 Å². The molecule has 28 heavy (non-hydrogen) atoms. The topological polar surface area (TPSA) is 66.5 Å². The zero-order valence-electron chi connectivity index (χ0n) is 15.9. The van der Waals surface area contributed by atoms with Gasteiger partial charge in [0.2, 0.25) is 15.9 Å². The van der Waals surface area contributed by atoms with E-state index in [0.29, 0.717) is 10.8 Å². The summed E-state index contributed by atoms with van der Waals surface area (Å²) in [5.74, 6) is -2.05. The lowest BCUT2D eigenvalue weighted by Crippen LogP contribution is -2.34. The van der Waals surface area contributed by atoms with Gasteiger partial charge in [-0.05, 0) is 30.0 Å². The molecule has 0 saturated heterocycles. The summed E-state index contributed by atoms with van der Waals surface area (Å²) in [5.41, 5.74) is 0.476. The van der Waals surface area contributed by atoms with Crippen LogP contribution in [0.3, 0.4) is 0 Å². The predicted molar refractivity (Wildman–Crippen MR) is 106 cm³/mol. The SMILES string of the molecule is C[C@@H](CNC(=O)CCCN(c1c(F)cccc1F)S(C)(=O)=O)c1ccccc1. The Kier molecular flexibility index (Phi) is 7.51.